The number of aromatic nitrogens is 2. The summed E-state index contributed by atoms with van der Waals surface area (Å²) in [5.74, 6) is 1.74. The van der Waals surface area contributed by atoms with Crippen LogP contribution in [0.2, 0.25) is 0 Å². The lowest BCUT2D eigenvalue weighted by molar-refractivity contribution is -0.455. The maximum Gasteiger partial charge on any atom is 0.298 e. The van der Waals surface area contributed by atoms with E-state index in [1.54, 1.807) is 29.0 Å². The van der Waals surface area contributed by atoms with Gasteiger partial charge in [-0.1, -0.05) is 4.68 Å². The van der Waals surface area contributed by atoms with Crippen LogP contribution in [0.15, 0.2) is 40.6 Å². The van der Waals surface area contributed by atoms with Crippen LogP contribution in [0.4, 0.5) is 23.1 Å². The summed E-state index contributed by atoms with van der Waals surface area (Å²) < 4.78 is 36.0. The molecule has 1 aromatic carbocycles. The molecule has 3 saturated heterocycles. The fourth-order valence-electron chi connectivity index (χ4n) is 11.0. The van der Waals surface area contributed by atoms with Crippen LogP contribution >= 0.6 is 0 Å². The van der Waals surface area contributed by atoms with Crippen molar-refractivity contribution in [3.05, 3.63) is 41.1 Å². The lowest BCUT2D eigenvalue weighted by Crippen LogP contribution is -2.51. The standard InChI is InChI=1S/C45H57N11O8S/c1-51(38-7-8-40(59)49-42(38)60)37-6-5-32(22-39(37)64-28-57)53-17-15-52(16-18-53)25-29-19-30(20-29)26-54-27-35(23-47-54)65(62,63)55-13-9-31(10-14-55)48-44-46-24-36-41(50-44)56(43(61)45(36)11-12-45)33-3-2-4-34(58)21-33/h5-6,22-24,26-31,33-34,38,58H,2-4,7-21,25H2,1H3,(H-,46,48,49,50,59,60)/p+1/b54-26-/t29?,30?,33?,34-,38?/m1/s1. The first-order valence-electron chi connectivity index (χ1n) is 23.2. The number of carbonyl (C=O) groups is 4. The first-order valence-corrected chi connectivity index (χ1v) is 24.7. The number of fused-ring (bicyclic) bond motifs is 2. The molecule has 10 rings (SSSR count). The highest BCUT2D eigenvalue weighted by Crippen LogP contribution is 2.57. The smallest absolute Gasteiger partial charge is 0.298 e. The van der Waals surface area contributed by atoms with E-state index in [4.69, 9.17) is 9.72 Å². The lowest BCUT2D eigenvalue weighted by atomic mass is 9.75. The van der Waals surface area contributed by atoms with Gasteiger partial charge in [-0.25, -0.2) is 13.4 Å². The van der Waals surface area contributed by atoms with E-state index < -0.39 is 27.6 Å². The molecule has 0 bridgehead atoms. The van der Waals surface area contributed by atoms with Gasteiger partial charge in [0.25, 0.3) is 16.5 Å². The molecular weight excluding hydrogens is 855 g/mol. The molecular formula is C45H58N11O8S+. The van der Waals surface area contributed by atoms with Crippen molar-refractivity contribution in [2.45, 2.75) is 107 Å². The number of hydrazone groups is 1. The van der Waals surface area contributed by atoms with Crippen molar-refractivity contribution in [1.29, 1.82) is 0 Å². The van der Waals surface area contributed by atoms with E-state index in [2.05, 4.69) is 30.5 Å². The van der Waals surface area contributed by atoms with E-state index in [0.29, 0.717) is 80.3 Å². The van der Waals surface area contributed by atoms with Crippen molar-refractivity contribution in [1.82, 2.24) is 24.5 Å². The SMILES string of the molecule is CN(c1ccc(N2CCN(CC3CC(/C=[N+]4/C=C(S(=O)(=O)N5CCC(Nc6ncc7c(n6)N(C6CCC[C@@H](O)C6)C(=O)C76CC6)CC5)C=N4)C3)CC2)cc1OC=O)C1CCC(=O)NC1=O. The van der Waals surface area contributed by atoms with Crippen molar-refractivity contribution in [3.8, 4) is 5.75 Å². The van der Waals surface area contributed by atoms with Gasteiger partial charge in [0.05, 0.1) is 17.2 Å². The van der Waals surface area contributed by atoms with Gasteiger partial charge in [0.2, 0.25) is 29.9 Å². The summed E-state index contributed by atoms with van der Waals surface area (Å²) in [4.78, 5) is 67.2. The first kappa shape index (κ1) is 43.6. The minimum atomic E-state index is -3.73. The molecule has 1 aromatic heterocycles. The Morgan fingerprint density at radius 3 is 2.54 bits per heavy atom. The van der Waals surface area contributed by atoms with Crippen molar-refractivity contribution in [2.24, 2.45) is 16.9 Å². The number of amides is 3. The molecule has 3 saturated carbocycles. The largest absolute Gasteiger partial charge is 0.426 e. The van der Waals surface area contributed by atoms with Gasteiger partial charge in [0, 0.05) is 101 Å². The molecule has 19 nitrogen and oxygen atoms in total. The molecule has 1 spiro atoms. The third-order valence-corrected chi connectivity index (χ3v) is 16.8. The summed E-state index contributed by atoms with van der Waals surface area (Å²) in [6.07, 6.45) is 14.9. The number of sulfonamides is 1. The Morgan fingerprint density at radius 1 is 1.03 bits per heavy atom. The van der Waals surface area contributed by atoms with E-state index in [9.17, 15) is 32.7 Å². The predicted octanol–water partition coefficient (Wildman–Crippen LogP) is 1.91. The van der Waals surface area contributed by atoms with Gasteiger partial charge < -0.3 is 25.0 Å². The highest BCUT2D eigenvalue weighted by molar-refractivity contribution is 7.93. The van der Waals surface area contributed by atoms with Crippen LogP contribution in [0.1, 0.15) is 82.6 Å². The summed E-state index contributed by atoms with van der Waals surface area (Å²) in [6, 6.07) is 5.02. The maximum atomic E-state index is 13.7. The molecule has 3 aliphatic carbocycles. The van der Waals surface area contributed by atoms with E-state index in [-0.39, 0.29) is 41.1 Å². The van der Waals surface area contributed by atoms with Gasteiger partial charge in [0.1, 0.15) is 18.1 Å². The number of ether oxygens (including phenoxy) is 1. The number of anilines is 4. The number of piperazine rings is 1. The fraction of sp³-hybridized carbons (Fsp3) is 0.600. The molecule has 6 heterocycles. The summed E-state index contributed by atoms with van der Waals surface area (Å²) >= 11 is 0. The average Bonchev–Trinajstić information content (AvgIpc) is 3.88. The number of allylic oxidation sites excluding steroid dienone is 1. The summed E-state index contributed by atoms with van der Waals surface area (Å²) in [5, 5.41) is 20.6. The molecule has 0 radical (unpaired) electrons. The molecule has 8 aliphatic rings. The fourth-order valence-corrected chi connectivity index (χ4v) is 12.4. The number of rotatable bonds is 13. The van der Waals surface area contributed by atoms with Gasteiger partial charge >= 0.3 is 0 Å². The van der Waals surface area contributed by atoms with Crippen LogP contribution in [0.3, 0.4) is 0 Å². The summed E-state index contributed by atoms with van der Waals surface area (Å²) in [6.45, 7) is 5.45. The molecule has 346 valence electrons. The van der Waals surface area contributed by atoms with Gasteiger partial charge in [-0.2, -0.15) is 9.29 Å². The molecule has 6 fully saturated rings. The Labute approximate surface area is 378 Å². The second-order valence-corrected chi connectivity index (χ2v) is 21.1. The zero-order valence-electron chi connectivity index (χ0n) is 36.8. The minimum Gasteiger partial charge on any atom is -0.426 e. The molecule has 3 amide bonds. The number of nitrogens with one attached hydrogen (secondary N) is 2. The number of aliphatic hydroxyl groups excluding tert-OH is 1. The van der Waals surface area contributed by atoms with Gasteiger partial charge in [-0.15, -0.1) is 0 Å². The quantitative estimate of drug-likeness (QED) is 0.149. The number of nitrogens with zero attached hydrogens (tertiary/aromatic N) is 9. The summed E-state index contributed by atoms with van der Waals surface area (Å²) in [7, 11) is -1.97. The van der Waals surface area contributed by atoms with E-state index in [1.165, 1.54) is 10.5 Å². The number of hydrogen-bond acceptors (Lipinski definition) is 15. The lowest BCUT2D eigenvalue weighted by Gasteiger charge is -2.41. The molecule has 2 aromatic rings. The number of piperidine rings is 2. The first-order chi connectivity index (χ1) is 31.4. The number of aliphatic hydroxyl groups is 1. The molecule has 20 heteroatoms. The van der Waals surface area contributed by atoms with Gasteiger partial charge in [-0.05, 0) is 93.8 Å². The van der Waals surface area contributed by atoms with Gasteiger partial charge in [0.15, 0.2) is 16.9 Å². The van der Waals surface area contributed by atoms with E-state index in [0.717, 1.165) is 88.9 Å². The van der Waals surface area contributed by atoms with Crippen LogP contribution in [-0.4, -0.2) is 151 Å². The number of hydrogen-bond donors (Lipinski definition) is 3. The third-order valence-electron chi connectivity index (χ3n) is 14.9. The maximum absolute atomic E-state index is 13.7. The number of imide groups is 1. The van der Waals surface area contributed by atoms with Crippen LogP contribution in [0, 0.1) is 11.8 Å². The van der Waals surface area contributed by atoms with Crippen LogP contribution in [0.25, 0.3) is 0 Å². The Hall–Kier alpha value is -5.31. The summed E-state index contributed by atoms with van der Waals surface area (Å²) in [5.41, 5.74) is 1.91. The topological polar surface area (TPSA) is 213 Å². The molecule has 2 unspecified atom stereocenters. The second-order valence-electron chi connectivity index (χ2n) is 19.1. The molecule has 3 N–H and O–H groups in total. The van der Waals surface area contributed by atoms with Crippen LogP contribution in [-0.2, 0) is 34.6 Å². The molecule has 5 aliphatic heterocycles. The number of likely N-dealkylation sites (N-methyl/N-ethyl adjacent to an activating group) is 1. The van der Waals surface area contributed by atoms with Crippen molar-refractivity contribution in [3.63, 3.8) is 0 Å². The molecule has 65 heavy (non-hydrogen) atoms. The predicted molar refractivity (Wildman–Crippen MR) is 241 cm³/mol. The third kappa shape index (κ3) is 8.53. The Kier molecular flexibility index (Phi) is 11.7. The zero-order chi connectivity index (χ0) is 45.0. The zero-order valence-corrected chi connectivity index (χ0v) is 37.6. The monoisotopic (exact) mass is 912 g/mol. The van der Waals surface area contributed by atoms with E-state index in [1.807, 2.05) is 29.3 Å². The van der Waals surface area contributed by atoms with Crippen LogP contribution < -0.4 is 30.1 Å². The van der Waals surface area contributed by atoms with Crippen LogP contribution in [0.5, 0.6) is 5.75 Å². The highest BCUT2D eigenvalue weighted by Gasteiger charge is 2.61. The Bertz CT molecular complexity index is 2440. The van der Waals surface area contributed by atoms with Crippen molar-refractivity contribution >= 4 is 69.8 Å². The molecule has 3 atom stereocenters. The van der Waals surface area contributed by atoms with E-state index >= 15 is 0 Å². The minimum absolute atomic E-state index is 0.0275. The highest BCUT2D eigenvalue weighted by atomic mass is 32.2. The normalized spacial score (nSPS) is 28.8. The van der Waals surface area contributed by atoms with Crippen molar-refractivity contribution < 1.29 is 42.1 Å². The number of carbonyl (C=O) groups excluding carboxylic acids is 4. The second kappa shape index (κ2) is 17.5. The van der Waals surface area contributed by atoms with Crippen molar-refractivity contribution in [2.75, 3.05) is 72.9 Å². The Balaban J connectivity index is 0.677. The number of benzene rings is 1. The Morgan fingerprint density at radius 2 is 1.82 bits per heavy atom. The van der Waals surface area contributed by atoms with Gasteiger partial charge in [-0.3, -0.25) is 34.3 Å². The average molecular weight is 913 g/mol.